The maximum atomic E-state index is 12.0. The van der Waals surface area contributed by atoms with Gasteiger partial charge in [-0.25, -0.2) is 0 Å². The molecular formula is C16H25NO2. The van der Waals surface area contributed by atoms with Crippen molar-refractivity contribution in [3.63, 3.8) is 0 Å². The third kappa shape index (κ3) is 5.43. The summed E-state index contributed by atoms with van der Waals surface area (Å²) in [5.41, 5.74) is 2.54. The Kier molecular flexibility index (Phi) is 7.19. The minimum atomic E-state index is 0.141. The van der Waals surface area contributed by atoms with E-state index in [0.717, 1.165) is 12.8 Å². The Hall–Kier alpha value is -1.35. The highest BCUT2D eigenvalue weighted by molar-refractivity contribution is 5.76. The second-order valence-corrected chi connectivity index (χ2v) is 4.72. The number of aryl methyl sites for hydroxylation is 2. The monoisotopic (exact) mass is 263 g/mol. The van der Waals surface area contributed by atoms with Gasteiger partial charge in [-0.2, -0.15) is 0 Å². The predicted molar refractivity (Wildman–Crippen MR) is 78.1 cm³/mol. The summed E-state index contributed by atoms with van der Waals surface area (Å²) < 4.78 is 0. The molecule has 0 unspecified atom stereocenters. The van der Waals surface area contributed by atoms with Gasteiger partial charge in [0.15, 0.2) is 0 Å². The van der Waals surface area contributed by atoms with Crippen molar-refractivity contribution >= 4 is 5.91 Å². The molecule has 3 nitrogen and oxygen atoms in total. The molecule has 106 valence electrons. The van der Waals surface area contributed by atoms with Crippen molar-refractivity contribution in [2.45, 2.75) is 39.5 Å². The van der Waals surface area contributed by atoms with E-state index in [9.17, 15) is 4.79 Å². The molecule has 0 aliphatic carbocycles. The van der Waals surface area contributed by atoms with Gasteiger partial charge in [-0.3, -0.25) is 4.79 Å². The molecule has 0 radical (unpaired) electrons. The molecule has 1 N–H and O–H groups in total. The lowest BCUT2D eigenvalue weighted by atomic mass is 10.1. The van der Waals surface area contributed by atoms with Gasteiger partial charge in [0.2, 0.25) is 5.91 Å². The fourth-order valence-corrected chi connectivity index (χ4v) is 2.07. The highest BCUT2D eigenvalue weighted by Gasteiger charge is 2.10. The minimum absolute atomic E-state index is 0.141. The Morgan fingerprint density at radius 3 is 2.32 bits per heavy atom. The number of benzene rings is 1. The van der Waals surface area contributed by atoms with Gasteiger partial charge >= 0.3 is 0 Å². The van der Waals surface area contributed by atoms with Crippen molar-refractivity contribution in [1.82, 2.24) is 4.90 Å². The van der Waals surface area contributed by atoms with E-state index in [2.05, 4.69) is 31.2 Å². The van der Waals surface area contributed by atoms with Crippen molar-refractivity contribution in [3.8, 4) is 0 Å². The molecule has 3 heteroatoms. The van der Waals surface area contributed by atoms with Crippen LogP contribution in [0.2, 0.25) is 0 Å². The van der Waals surface area contributed by atoms with E-state index in [1.807, 2.05) is 11.8 Å². The maximum Gasteiger partial charge on any atom is 0.222 e. The summed E-state index contributed by atoms with van der Waals surface area (Å²) >= 11 is 0. The summed E-state index contributed by atoms with van der Waals surface area (Å²) in [6, 6.07) is 8.47. The Bertz CT molecular complexity index is 373. The molecule has 0 aliphatic heterocycles. The molecule has 0 fully saturated rings. The van der Waals surface area contributed by atoms with Crippen molar-refractivity contribution < 1.29 is 9.90 Å². The quantitative estimate of drug-likeness (QED) is 0.782. The number of carbonyl (C=O) groups is 1. The summed E-state index contributed by atoms with van der Waals surface area (Å²) in [4.78, 5) is 13.8. The zero-order valence-corrected chi connectivity index (χ0v) is 12.1. The van der Waals surface area contributed by atoms with E-state index >= 15 is 0 Å². The Labute approximate surface area is 116 Å². The van der Waals surface area contributed by atoms with Crippen LogP contribution >= 0.6 is 0 Å². The molecule has 0 aromatic heterocycles. The molecule has 1 aromatic carbocycles. The Morgan fingerprint density at radius 2 is 1.79 bits per heavy atom. The van der Waals surface area contributed by atoms with Gasteiger partial charge in [0.25, 0.3) is 0 Å². The molecule has 0 saturated carbocycles. The number of nitrogens with zero attached hydrogens (tertiary/aromatic N) is 1. The minimum Gasteiger partial charge on any atom is -0.396 e. The molecule has 0 atom stereocenters. The Morgan fingerprint density at radius 1 is 1.16 bits per heavy atom. The zero-order valence-electron chi connectivity index (χ0n) is 12.1. The van der Waals surface area contributed by atoms with Gasteiger partial charge in [0.1, 0.15) is 0 Å². The first-order chi connectivity index (χ1) is 9.21. The normalized spacial score (nSPS) is 10.5. The third-order valence-corrected chi connectivity index (χ3v) is 3.38. The van der Waals surface area contributed by atoms with Crippen molar-refractivity contribution in [2.75, 3.05) is 19.7 Å². The highest BCUT2D eigenvalue weighted by Crippen LogP contribution is 2.08. The summed E-state index contributed by atoms with van der Waals surface area (Å²) in [6.07, 6.45) is 3.04. The van der Waals surface area contributed by atoms with Gasteiger partial charge < -0.3 is 10.0 Å². The SMILES string of the molecule is CCc1ccc(CCC(=O)N(CC)CCCO)cc1. The summed E-state index contributed by atoms with van der Waals surface area (Å²) in [6.45, 7) is 5.63. The number of aliphatic hydroxyl groups is 1. The lowest BCUT2D eigenvalue weighted by Crippen LogP contribution is -2.32. The number of aliphatic hydroxyl groups excluding tert-OH is 1. The average molecular weight is 263 g/mol. The zero-order chi connectivity index (χ0) is 14.1. The lowest BCUT2D eigenvalue weighted by molar-refractivity contribution is -0.131. The van der Waals surface area contributed by atoms with E-state index in [4.69, 9.17) is 5.11 Å². The summed E-state index contributed by atoms with van der Waals surface area (Å²) in [5.74, 6) is 0.176. The fraction of sp³-hybridized carbons (Fsp3) is 0.562. The van der Waals surface area contributed by atoms with Crippen LogP contribution in [0.25, 0.3) is 0 Å². The average Bonchev–Trinajstić information content (AvgIpc) is 2.46. The molecule has 1 amide bonds. The third-order valence-electron chi connectivity index (χ3n) is 3.38. The number of amides is 1. The molecule has 0 saturated heterocycles. The number of hydrogen-bond donors (Lipinski definition) is 1. The van der Waals surface area contributed by atoms with Gasteiger partial charge in [-0.15, -0.1) is 0 Å². The van der Waals surface area contributed by atoms with Crippen LogP contribution in [0.4, 0.5) is 0 Å². The van der Waals surface area contributed by atoms with Crippen LogP contribution in [-0.2, 0) is 17.6 Å². The standard InChI is InChI=1S/C16H25NO2/c1-3-14-6-8-15(9-7-14)10-11-16(19)17(4-2)12-5-13-18/h6-9,18H,3-5,10-13H2,1-2H3. The van der Waals surface area contributed by atoms with Crippen LogP contribution in [0, 0.1) is 0 Å². The van der Waals surface area contributed by atoms with E-state index < -0.39 is 0 Å². The van der Waals surface area contributed by atoms with Crippen molar-refractivity contribution in [3.05, 3.63) is 35.4 Å². The largest absolute Gasteiger partial charge is 0.396 e. The molecule has 0 aliphatic rings. The molecule has 0 heterocycles. The van der Waals surface area contributed by atoms with Crippen molar-refractivity contribution in [2.24, 2.45) is 0 Å². The fourth-order valence-electron chi connectivity index (χ4n) is 2.07. The van der Waals surface area contributed by atoms with E-state index in [-0.39, 0.29) is 12.5 Å². The van der Waals surface area contributed by atoms with Gasteiger partial charge in [0, 0.05) is 26.1 Å². The molecule has 19 heavy (non-hydrogen) atoms. The maximum absolute atomic E-state index is 12.0. The lowest BCUT2D eigenvalue weighted by Gasteiger charge is -2.20. The van der Waals surface area contributed by atoms with E-state index in [1.54, 1.807) is 0 Å². The van der Waals surface area contributed by atoms with Crippen LogP contribution in [0.3, 0.4) is 0 Å². The number of hydrogen-bond acceptors (Lipinski definition) is 2. The van der Waals surface area contributed by atoms with Gasteiger partial charge in [-0.05, 0) is 37.3 Å². The molecule has 1 rings (SSSR count). The second-order valence-electron chi connectivity index (χ2n) is 4.72. The first kappa shape index (κ1) is 15.7. The smallest absolute Gasteiger partial charge is 0.222 e. The molecule has 0 bridgehead atoms. The van der Waals surface area contributed by atoms with E-state index in [1.165, 1.54) is 11.1 Å². The van der Waals surface area contributed by atoms with Crippen LogP contribution in [0.1, 0.15) is 37.8 Å². The molecular weight excluding hydrogens is 238 g/mol. The molecule has 1 aromatic rings. The van der Waals surface area contributed by atoms with Crippen LogP contribution in [-0.4, -0.2) is 35.6 Å². The van der Waals surface area contributed by atoms with E-state index in [0.29, 0.717) is 25.9 Å². The number of carbonyl (C=O) groups excluding carboxylic acids is 1. The number of rotatable bonds is 8. The van der Waals surface area contributed by atoms with Gasteiger partial charge in [-0.1, -0.05) is 31.2 Å². The summed E-state index contributed by atoms with van der Waals surface area (Å²) in [5, 5.41) is 8.81. The van der Waals surface area contributed by atoms with Crippen LogP contribution < -0.4 is 0 Å². The van der Waals surface area contributed by atoms with Crippen molar-refractivity contribution in [1.29, 1.82) is 0 Å². The highest BCUT2D eigenvalue weighted by atomic mass is 16.3. The van der Waals surface area contributed by atoms with Crippen LogP contribution in [0.15, 0.2) is 24.3 Å². The van der Waals surface area contributed by atoms with Crippen LogP contribution in [0.5, 0.6) is 0 Å². The predicted octanol–water partition coefficient (Wildman–Crippen LogP) is 2.41. The summed E-state index contributed by atoms with van der Waals surface area (Å²) in [7, 11) is 0. The van der Waals surface area contributed by atoms with Gasteiger partial charge in [0.05, 0.1) is 0 Å². The topological polar surface area (TPSA) is 40.5 Å². The molecule has 0 spiro atoms. The second kappa shape index (κ2) is 8.70. The Balaban J connectivity index is 2.43. The first-order valence-corrected chi connectivity index (χ1v) is 7.17. The first-order valence-electron chi connectivity index (χ1n) is 7.17.